The first-order valence-corrected chi connectivity index (χ1v) is 11.8. The summed E-state index contributed by atoms with van der Waals surface area (Å²) in [6, 6.07) is 20.9. The van der Waals surface area contributed by atoms with E-state index in [0.29, 0.717) is 6.61 Å². The van der Waals surface area contributed by atoms with Crippen LogP contribution in [0.15, 0.2) is 84.5 Å². The minimum Gasteiger partial charge on any atom is -0.465 e. The van der Waals surface area contributed by atoms with E-state index in [0.717, 1.165) is 32.5 Å². The standard InChI is InChI=1S/C28H32N2O2/c1-2-32-27(31)26-28(16-18-30(19-17-28)20-21-10-5-3-6-11-21)24-15-9-14-23(24)25(29-26)22-12-7-4-8-13-22/h3-15,23,25-26,29H,2,16-20H2,1H3/t23-,25+,26-/m1/s1. The number of piperidine rings is 2. The Kier molecular flexibility index (Phi) is 5.99. The average Bonchev–Trinajstić information content (AvgIpc) is 3.33. The minimum atomic E-state index is -0.325. The fourth-order valence-electron chi connectivity index (χ4n) is 5.90. The number of carbonyl (C=O) groups is 1. The van der Waals surface area contributed by atoms with Crippen LogP contribution in [-0.2, 0) is 16.1 Å². The molecule has 5 rings (SSSR count). The SMILES string of the molecule is CCOC(=O)[C@H]1N[C@@H](c2ccccc2)[C@@H]2C=CC=C2C12CCN(Cc1ccccc1)CC2. The van der Waals surface area contributed by atoms with Crippen molar-refractivity contribution >= 4 is 5.97 Å². The third-order valence-electron chi connectivity index (χ3n) is 7.46. The average molecular weight is 429 g/mol. The van der Waals surface area contributed by atoms with Crippen LogP contribution in [0.1, 0.15) is 36.9 Å². The number of carbonyl (C=O) groups excluding carboxylic acids is 1. The fourth-order valence-corrected chi connectivity index (χ4v) is 5.90. The van der Waals surface area contributed by atoms with Gasteiger partial charge in [-0.2, -0.15) is 0 Å². The van der Waals surface area contributed by atoms with Crippen LogP contribution in [0.5, 0.6) is 0 Å². The Morgan fingerprint density at radius 3 is 2.44 bits per heavy atom. The molecule has 2 fully saturated rings. The van der Waals surface area contributed by atoms with E-state index in [2.05, 4.69) is 83.0 Å². The molecule has 2 aromatic rings. The summed E-state index contributed by atoms with van der Waals surface area (Å²) in [6.07, 6.45) is 8.69. The number of ether oxygens (including phenoxy) is 1. The van der Waals surface area contributed by atoms with Crippen LogP contribution in [0.3, 0.4) is 0 Å². The van der Waals surface area contributed by atoms with Gasteiger partial charge in [0, 0.05) is 23.9 Å². The summed E-state index contributed by atoms with van der Waals surface area (Å²) in [7, 11) is 0. The Morgan fingerprint density at radius 1 is 1.06 bits per heavy atom. The van der Waals surface area contributed by atoms with Gasteiger partial charge in [-0.3, -0.25) is 15.0 Å². The summed E-state index contributed by atoms with van der Waals surface area (Å²) in [5.41, 5.74) is 3.78. The van der Waals surface area contributed by atoms with Crippen LogP contribution in [0.4, 0.5) is 0 Å². The number of nitrogens with one attached hydrogen (secondary N) is 1. The van der Waals surface area contributed by atoms with Crippen molar-refractivity contribution in [1.29, 1.82) is 0 Å². The van der Waals surface area contributed by atoms with Gasteiger partial charge >= 0.3 is 5.97 Å². The van der Waals surface area contributed by atoms with Crippen molar-refractivity contribution in [1.82, 2.24) is 10.2 Å². The molecule has 2 aliphatic heterocycles. The van der Waals surface area contributed by atoms with Crippen molar-refractivity contribution in [3.8, 4) is 0 Å². The van der Waals surface area contributed by atoms with Gasteiger partial charge in [0.1, 0.15) is 6.04 Å². The van der Waals surface area contributed by atoms with Crippen molar-refractivity contribution in [3.63, 3.8) is 0 Å². The van der Waals surface area contributed by atoms with Crippen LogP contribution in [0, 0.1) is 11.3 Å². The zero-order chi connectivity index (χ0) is 22.0. The van der Waals surface area contributed by atoms with E-state index in [-0.39, 0.29) is 29.4 Å². The largest absolute Gasteiger partial charge is 0.465 e. The van der Waals surface area contributed by atoms with Crippen LogP contribution in [-0.4, -0.2) is 36.6 Å². The predicted octanol–water partition coefficient (Wildman–Crippen LogP) is 4.66. The lowest BCUT2D eigenvalue weighted by Crippen LogP contribution is -2.62. The first-order valence-electron chi connectivity index (χ1n) is 11.8. The van der Waals surface area contributed by atoms with E-state index in [1.807, 2.05) is 13.0 Å². The fraction of sp³-hybridized carbons (Fsp3) is 0.393. The van der Waals surface area contributed by atoms with Gasteiger partial charge in [0.05, 0.1) is 6.61 Å². The van der Waals surface area contributed by atoms with Gasteiger partial charge in [0.15, 0.2) is 0 Å². The summed E-state index contributed by atoms with van der Waals surface area (Å²) in [5, 5.41) is 3.77. The molecule has 1 N–H and O–H groups in total. The Hall–Kier alpha value is -2.69. The van der Waals surface area contributed by atoms with Gasteiger partial charge in [-0.15, -0.1) is 0 Å². The molecule has 32 heavy (non-hydrogen) atoms. The molecular formula is C28H32N2O2. The third kappa shape index (κ3) is 3.82. The number of benzene rings is 2. The number of nitrogens with zero attached hydrogens (tertiary/aromatic N) is 1. The Labute approximate surface area is 191 Å². The number of hydrogen-bond donors (Lipinski definition) is 1. The molecule has 0 radical (unpaired) electrons. The highest BCUT2D eigenvalue weighted by atomic mass is 16.5. The monoisotopic (exact) mass is 428 g/mol. The number of esters is 1. The number of fused-ring (bicyclic) bond motifs is 2. The van der Waals surface area contributed by atoms with Gasteiger partial charge in [-0.25, -0.2) is 0 Å². The maximum Gasteiger partial charge on any atom is 0.324 e. The summed E-state index contributed by atoms with van der Waals surface area (Å²) >= 11 is 0. The Balaban J connectivity index is 1.42. The lowest BCUT2D eigenvalue weighted by Gasteiger charge is -2.53. The smallest absolute Gasteiger partial charge is 0.324 e. The molecule has 2 saturated heterocycles. The zero-order valence-corrected chi connectivity index (χ0v) is 18.7. The van der Waals surface area contributed by atoms with Crippen molar-refractivity contribution < 1.29 is 9.53 Å². The van der Waals surface area contributed by atoms with Crippen LogP contribution in [0.25, 0.3) is 0 Å². The van der Waals surface area contributed by atoms with E-state index in [1.54, 1.807) is 0 Å². The van der Waals surface area contributed by atoms with Crippen molar-refractivity contribution in [2.45, 2.75) is 38.4 Å². The van der Waals surface area contributed by atoms with E-state index in [4.69, 9.17) is 4.74 Å². The maximum absolute atomic E-state index is 13.3. The number of hydrogen-bond acceptors (Lipinski definition) is 4. The lowest BCUT2D eigenvalue weighted by atomic mass is 9.60. The van der Waals surface area contributed by atoms with Gasteiger partial charge < -0.3 is 4.74 Å². The summed E-state index contributed by atoms with van der Waals surface area (Å²) < 4.78 is 5.60. The Bertz CT molecular complexity index is 991. The molecule has 4 heteroatoms. The van der Waals surface area contributed by atoms with Crippen LogP contribution in [0.2, 0.25) is 0 Å². The van der Waals surface area contributed by atoms with Crippen LogP contribution < -0.4 is 5.32 Å². The Morgan fingerprint density at radius 2 is 1.75 bits per heavy atom. The zero-order valence-electron chi connectivity index (χ0n) is 18.7. The highest BCUT2D eigenvalue weighted by Crippen LogP contribution is 2.54. The molecule has 4 nitrogen and oxygen atoms in total. The molecule has 1 aliphatic carbocycles. The molecule has 2 aromatic carbocycles. The maximum atomic E-state index is 13.3. The molecule has 0 unspecified atom stereocenters. The second-order valence-corrected chi connectivity index (χ2v) is 9.19. The summed E-state index contributed by atoms with van der Waals surface area (Å²) in [6.45, 7) is 5.22. The van der Waals surface area contributed by atoms with Crippen LogP contribution >= 0.6 is 0 Å². The van der Waals surface area contributed by atoms with Crippen molar-refractivity contribution in [3.05, 3.63) is 95.6 Å². The van der Waals surface area contributed by atoms with Gasteiger partial charge in [-0.1, -0.05) is 84.5 Å². The van der Waals surface area contributed by atoms with E-state index in [9.17, 15) is 4.79 Å². The van der Waals surface area contributed by atoms with E-state index >= 15 is 0 Å². The molecule has 0 aromatic heterocycles. The summed E-state index contributed by atoms with van der Waals surface area (Å²) in [4.78, 5) is 15.8. The minimum absolute atomic E-state index is 0.0866. The second kappa shape index (κ2) is 9.05. The highest BCUT2D eigenvalue weighted by Gasteiger charge is 2.55. The highest BCUT2D eigenvalue weighted by molar-refractivity contribution is 5.79. The molecule has 1 spiro atoms. The lowest BCUT2D eigenvalue weighted by molar-refractivity contribution is -0.151. The molecule has 166 valence electrons. The van der Waals surface area contributed by atoms with Gasteiger partial charge in [0.25, 0.3) is 0 Å². The molecular weight excluding hydrogens is 396 g/mol. The van der Waals surface area contributed by atoms with E-state index < -0.39 is 0 Å². The number of rotatable bonds is 5. The number of likely N-dealkylation sites (tertiary alicyclic amines) is 1. The third-order valence-corrected chi connectivity index (χ3v) is 7.46. The molecule has 3 atom stereocenters. The predicted molar refractivity (Wildman–Crippen MR) is 127 cm³/mol. The second-order valence-electron chi connectivity index (χ2n) is 9.19. The topological polar surface area (TPSA) is 41.6 Å². The first kappa shape index (κ1) is 21.2. The molecule has 0 saturated carbocycles. The van der Waals surface area contributed by atoms with Crippen molar-refractivity contribution in [2.24, 2.45) is 11.3 Å². The van der Waals surface area contributed by atoms with Crippen molar-refractivity contribution in [2.75, 3.05) is 19.7 Å². The van der Waals surface area contributed by atoms with E-state index in [1.165, 1.54) is 16.7 Å². The normalized spacial score (nSPS) is 26.5. The summed E-state index contributed by atoms with van der Waals surface area (Å²) in [5.74, 6) is 0.167. The molecule has 0 amide bonds. The first-order chi connectivity index (χ1) is 15.7. The van der Waals surface area contributed by atoms with Gasteiger partial charge in [0.2, 0.25) is 0 Å². The molecule has 0 bridgehead atoms. The quantitative estimate of drug-likeness (QED) is 0.704. The number of allylic oxidation sites excluding steroid dienone is 2. The molecule has 2 heterocycles. The molecule has 3 aliphatic rings. The van der Waals surface area contributed by atoms with Gasteiger partial charge in [-0.05, 0) is 44.0 Å².